The van der Waals surface area contributed by atoms with Crippen molar-refractivity contribution in [2.45, 2.75) is 30.6 Å². The SMILES string of the molecule is O=C([O-])c1ccc(Cl)c(S(=O)(=O)N2CCCCCC2)c1. The van der Waals surface area contributed by atoms with E-state index in [1.54, 1.807) is 0 Å². The molecule has 0 aromatic heterocycles. The predicted molar refractivity (Wildman–Crippen MR) is 73.0 cm³/mol. The van der Waals surface area contributed by atoms with Crippen LogP contribution in [0.1, 0.15) is 36.0 Å². The van der Waals surface area contributed by atoms with Gasteiger partial charge in [-0.3, -0.25) is 0 Å². The van der Waals surface area contributed by atoms with Crippen molar-refractivity contribution in [1.82, 2.24) is 4.31 Å². The molecule has 0 saturated carbocycles. The number of carboxylic acid groups (broad SMARTS) is 1. The Morgan fingerprint density at radius 1 is 1.15 bits per heavy atom. The van der Waals surface area contributed by atoms with Crippen LogP contribution >= 0.6 is 11.6 Å². The molecule has 0 N–H and O–H groups in total. The zero-order valence-corrected chi connectivity index (χ0v) is 12.4. The van der Waals surface area contributed by atoms with Gasteiger partial charge in [-0.15, -0.1) is 0 Å². The van der Waals surface area contributed by atoms with Crippen molar-refractivity contribution in [3.05, 3.63) is 28.8 Å². The van der Waals surface area contributed by atoms with Crippen molar-refractivity contribution in [3.63, 3.8) is 0 Å². The minimum Gasteiger partial charge on any atom is -0.545 e. The van der Waals surface area contributed by atoms with Crippen LogP contribution in [0.4, 0.5) is 0 Å². The number of halogens is 1. The predicted octanol–water partition coefficient (Wildman–Crippen LogP) is 1.27. The molecule has 7 heteroatoms. The van der Waals surface area contributed by atoms with Gasteiger partial charge in [0.05, 0.1) is 11.0 Å². The topological polar surface area (TPSA) is 77.5 Å². The molecule has 0 bridgehead atoms. The van der Waals surface area contributed by atoms with Gasteiger partial charge in [0.2, 0.25) is 10.0 Å². The summed E-state index contributed by atoms with van der Waals surface area (Å²) in [5, 5.41) is 10.9. The van der Waals surface area contributed by atoms with Crippen LogP contribution in [0.2, 0.25) is 5.02 Å². The number of nitrogens with zero attached hydrogens (tertiary/aromatic N) is 1. The monoisotopic (exact) mass is 316 g/mol. The molecule has 1 aliphatic heterocycles. The second kappa shape index (κ2) is 6.11. The Kier molecular flexibility index (Phi) is 4.67. The number of benzene rings is 1. The van der Waals surface area contributed by atoms with Gasteiger partial charge in [-0.2, -0.15) is 4.31 Å². The van der Waals surface area contributed by atoms with E-state index < -0.39 is 16.0 Å². The van der Waals surface area contributed by atoms with Crippen LogP contribution < -0.4 is 5.11 Å². The Balaban J connectivity index is 2.42. The molecule has 5 nitrogen and oxygen atoms in total. The third-order valence-corrected chi connectivity index (χ3v) is 5.73. The van der Waals surface area contributed by atoms with E-state index in [9.17, 15) is 18.3 Å². The van der Waals surface area contributed by atoms with E-state index >= 15 is 0 Å². The number of sulfonamides is 1. The van der Waals surface area contributed by atoms with Crippen LogP contribution in [-0.4, -0.2) is 31.8 Å². The Hall–Kier alpha value is -1.11. The summed E-state index contributed by atoms with van der Waals surface area (Å²) in [5.74, 6) is -1.42. The minimum atomic E-state index is -3.76. The van der Waals surface area contributed by atoms with Crippen LogP contribution in [0, 0.1) is 0 Å². The fraction of sp³-hybridized carbons (Fsp3) is 0.462. The molecule has 0 radical (unpaired) electrons. The first kappa shape index (κ1) is 15.3. The molecule has 0 amide bonds. The van der Waals surface area contributed by atoms with Crippen molar-refractivity contribution in [2.24, 2.45) is 0 Å². The van der Waals surface area contributed by atoms with Crippen LogP contribution in [0.5, 0.6) is 0 Å². The largest absolute Gasteiger partial charge is 0.545 e. The summed E-state index contributed by atoms with van der Waals surface area (Å²) in [6, 6.07) is 3.58. The normalized spacial score (nSPS) is 17.6. The summed E-state index contributed by atoms with van der Waals surface area (Å²) in [6.07, 6.45) is 3.60. The van der Waals surface area contributed by atoms with Crippen LogP contribution in [0.15, 0.2) is 23.1 Å². The zero-order chi connectivity index (χ0) is 14.8. The lowest BCUT2D eigenvalue weighted by molar-refractivity contribution is -0.255. The van der Waals surface area contributed by atoms with E-state index in [2.05, 4.69) is 0 Å². The lowest BCUT2D eigenvalue weighted by Gasteiger charge is -2.21. The number of hydrogen-bond acceptors (Lipinski definition) is 4. The second-order valence-corrected chi connectivity index (χ2v) is 7.06. The lowest BCUT2D eigenvalue weighted by atomic mass is 10.2. The van der Waals surface area contributed by atoms with E-state index in [-0.39, 0.29) is 15.5 Å². The molecule has 0 atom stereocenters. The number of carboxylic acids is 1. The first-order valence-electron chi connectivity index (χ1n) is 6.44. The van der Waals surface area contributed by atoms with E-state index in [0.29, 0.717) is 13.1 Å². The zero-order valence-electron chi connectivity index (χ0n) is 10.8. The summed E-state index contributed by atoms with van der Waals surface area (Å²) in [7, 11) is -3.76. The van der Waals surface area contributed by atoms with Gasteiger partial charge in [-0.1, -0.05) is 30.5 Å². The molecular weight excluding hydrogens is 302 g/mol. The molecule has 20 heavy (non-hydrogen) atoms. The molecule has 1 aromatic rings. The van der Waals surface area contributed by atoms with Crippen molar-refractivity contribution >= 4 is 27.6 Å². The lowest BCUT2D eigenvalue weighted by Crippen LogP contribution is -2.32. The van der Waals surface area contributed by atoms with Gasteiger partial charge in [-0.25, -0.2) is 8.42 Å². The van der Waals surface area contributed by atoms with Gasteiger partial charge in [0, 0.05) is 13.1 Å². The highest BCUT2D eigenvalue weighted by molar-refractivity contribution is 7.89. The summed E-state index contributed by atoms with van der Waals surface area (Å²) in [5.41, 5.74) is -0.192. The summed E-state index contributed by atoms with van der Waals surface area (Å²) < 4.78 is 26.5. The highest BCUT2D eigenvalue weighted by atomic mass is 35.5. The van der Waals surface area contributed by atoms with Crippen LogP contribution in [-0.2, 0) is 10.0 Å². The van der Waals surface area contributed by atoms with Gasteiger partial charge in [0.15, 0.2) is 0 Å². The van der Waals surface area contributed by atoms with Gasteiger partial charge in [0.25, 0.3) is 0 Å². The fourth-order valence-corrected chi connectivity index (χ4v) is 4.27. The van der Waals surface area contributed by atoms with Crippen molar-refractivity contribution in [3.8, 4) is 0 Å². The number of hydrogen-bond donors (Lipinski definition) is 0. The van der Waals surface area contributed by atoms with Crippen LogP contribution in [0.25, 0.3) is 0 Å². The van der Waals surface area contributed by atoms with Crippen LogP contribution in [0.3, 0.4) is 0 Å². The fourth-order valence-electron chi connectivity index (χ4n) is 2.25. The van der Waals surface area contributed by atoms with Gasteiger partial charge < -0.3 is 9.90 Å². The Bertz CT molecular complexity index is 607. The Morgan fingerprint density at radius 3 is 2.30 bits per heavy atom. The molecule has 1 aromatic carbocycles. The van der Waals surface area contributed by atoms with Gasteiger partial charge >= 0.3 is 0 Å². The summed E-state index contributed by atoms with van der Waals surface area (Å²) >= 11 is 5.93. The highest BCUT2D eigenvalue weighted by Crippen LogP contribution is 2.27. The summed E-state index contributed by atoms with van der Waals surface area (Å²) in [6.45, 7) is 0.877. The number of aromatic carboxylic acids is 1. The summed E-state index contributed by atoms with van der Waals surface area (Å²) in [4.78, 5) is 10.7. The third kappa shape index (κ3) is 3.13. The van der Waals surface area contributed by atoms with E-state index in [1.807, 2.05) is 0 Å². The maximum Gasteiger partial charge on any atom is 0.244 e. The first-order valence-corrected chi connectivity index (χ1v) is 8.26. The molecule has 2 rings (SSSR count). The van der Waals surface area contributed by atoms with Gasteiger partial charge in [-0.05, 0) is 30.5 Å². The molecule has 1 fully saturated rings. The standard InChI is InChI=1S/C13H16ClNO4S/c14-11-6-5-10(13(16)17)9-12(11)20(18,19)15-7-3-1-2-4-8-15/h5-6,9H,1-4,7-8H2,(H,16,17)/p-1. The molecule has 0 spiro atoms. The van der Waals surface area contributed by atoms with Crippen molar-refractivity contribution < 1.29 is 18.3 Å². The third-order valence-electron chi connectivity index (χ3n) is 3.35. The first-order chi connectivity index (χ1) is 9.43. The average molecular weight is 317 g/mol. The Labute approximate surface area is 123 Å². The number of carbonyl (C=O) groups is 1. The molecule has 0 unspecified atom stereocenters. The van der Waals surface area contributed by atoms with E-state index in [4.69, 9.17) is 11.6 Å². The quantitative estimate of drug-likeness (QED) is 0.841. The molecule has 1 heterocycles. The molecule has 1 aliphatic rings. The average Bonchev–Trinajstić information content (AvgIpc) is 2.68. The van der Waals surface area contributed by atoms with Crippen molar-refractivity contribution in [1.29, 1.82) is 0 Å². The highest BCUT2D eigenvalue weighted by Gasteiger charge is 2.27. The number of rotatable bonds is 3. The molecular formula is C13H15ClNO4S-. The molecule has 0 aliphatic carbocycles. The number of carbonyl (C=O) groups excluding carboxylic acids is 1. The van der Waals surface area contributed by atoms with E-state index in [0.717, 1.165) is 31.7 Å². The van der Waals surface area contributed by atoms with E-state index in [1.165, 1.54) is 16.4 Å². The van der Waals surface area contributed by atoms with Crippen molar-refractivity contribution in [2.75, 3.05) is 13.1 Å². The maximum atomic E-state index is 12.6. The maximum absolute atomic E-state index is 12.6. The second-order valence-electron chi connectivity index (χ2n) is 4.75. The Morgan fingerprint density at radius 2 is 1.75 bits per heavy atom. The molecule has 110 valence electrons. The minimum absolute atomic E-state index is 0.0271. The smallest absolute Gasteiger partial charge is 0.244 e. The molecule has 1 saturated heterocycles. The van der Waals surface area contributed by atoms with Gasteiger partial charge in [0.1, 0.15) is 4.90 Å².